The van der Waals surface area contributed by atoms with Crippen LogP contribution in [0.15, 0.2) is 24.3 Å². The van der Waals surface area contributed by atoms with E-state index in [4.69, 9.17) is 0 Å². The highest BCUT2D eigenvalue weighted by Crippen LogP contribution is 2.28. The molecule has 1 saturated heterocycles. The van der Waals surface area contributed by atoms with Crippen LogP contribution in [-0.4, -0.2) is 34.8 Å². The van der Waals surface area contributed by atoms with Gasteiger partial charge in [-0.15, -0.1) is 11.3 Å². The Bertz CT molecular complexity index is 790. The molecule has 2 aromatic rings. The van der Waals surface area contributed by atoms with Crippen LogP contribution < -0.4 is 5.32 Å². The fraction of sp³-hybridized carbons (Fsp3) is 0.353. The average molecular weight is 347 g/mol. The Balaban J connectivity index is 2.00. The summed E-state index contributed by atoms with van der Waals surface area (Å²) < 4.78 is 13.6. The van der Waals surface area contributed by atoms with Crippen LogP contribution >= 0.6 is 11.3 Å². The minimum absolute atomic E-state index is 0.221. The first kappa shape index (κ1) is 16.6. The molecule has 0 aliphatic carbocycles. The summed E-state index contributed by atoms with van der Waals surface area (Å²) in [7, 11) is 0. The molecule has 5 nitrogen and oxygen atoms in total. The maximum absolute atomic E-state index is 13.6. The van der Waals surface area contributed by atoms with E-state index in [2.05, 4.69) is 10.3 Å². The molecule has 1 aromatic carbocycles. The first-order chi connectivity index (χ1) is 11.5. The Morgan fingerprint density at radius 2 is 2.29 bits per heavy atom. The number of hydrogen-bond acceptors (Lipinski definition) is 4. The average Bonchev–Trinajstić information content (AvgIpc) is 2.95. The number of aryl methyl sites for hydroxylation is 2. The number of aromatic nitrogens is 1. The Hall–Kier alpha value is -2.28. The third-order valence-corrected chi connectivity index (χ3v) is 4.97. The van der Waals surface area contributed by atoms with Crippen LogP contribution in [0.5, 0.6) is 0 Å². The van der Waals surface area contributed by atoms with E-state index in [1.165, 1.54) is 28.4 Å². The van der Waals surface area contributed by atoms with Gasteiger partial charge in [0.15, 0.2) is 0 Å². The number of nitrogens with zero attached hydrogens (tertiary/aromatic N) is 2. The summed E-state index contributed by atoms with van der Waals surface area (Å²) in [6, 6.07) is 5.00. The smallest absolute Gasteiger partial charge is 0.266 e. The minimum Gasteiger partial charge on any atom is -0.352 e. The summed E-state index contributed by atoms with van der Waals surface area (Å²) in [5.41, 5.74) is 1.21. The molecule has 7 heteroatoms. The molecule has 2 heterocycles. The summed E-state index contributed by atoms with van der Waals surface area (Å²) in [4.78, 5) is 31.9. The molecule has 0 saturated carbocycles. The molecule has 1 atom stereocenters. The van der Waals surface area contributed by atoms with E-state index >= 15 is 0 Å². The molecule has 0 radical (unpaired) electrons. The van der Waals surface area contributed by atoms with Crippen molar-refractivity contribution in [1.82, 2.24) is 15.2 Å². The van der Waals surface area contributed by atoms with E-state index in [1.807, 2.05) is 13.8 Å². The summed E-state index contributed by atoms with van der Waals surface area (Å²) in [5, 5.41) is 3.57. The van der Waals surface area contributed by atoms with Crippen LogP contribution in [0.4, 0.5) is 4.39 Å². The van der Waals surface area contributed by atoms with Crippen molar-refractivity contribution in [3.8, 4) is 0 Å². The number of thiazole rings is 1. The highest BCUT2D eigenvalue weighted by Gasteiger charge is 2.36. The van der Waals surface area contributed by atoms with Gasteiger partial charge in [0, 0.05) is 13.1 Å². The third-order valence-electron chi connectivity index (χ3n) is 3.97. The second kappa shape index (κ2) is 6.68. The van der Waals surface area contributed by atoms with Gasteiger partial charge in [0.1, 0.15) is 16.7 Å². The number of hydrogen-bond donors (Lipinski definition) is 1. The molecule has 1 fully saturated rings. The fourth-order valence-electron chi connectivity index (χ4n) is 2.90. The lowest BCUT2D eigenvalue weighted by Crippen LogP contribution is -2.52. The van der Waals surface area contributed by atoms with Gasteiger partial charge in [-0.1, -0.05) is 19.1 Å². The maximum Gasteiger partial charge on any atom is 0.266 e. The molecule has 0 spiro atoms. The van der Waals surface area contributed by atoms with Crippen LogP contribution in [0, 0.1) is 12.7 Å². The number of carbonyl (C=O) groups is 2. The van der Waals surface area contributed by atoms with Crippen molar-refractivity contribution in [2.24, 2.45) is 0 Å². The van der Waals surface area contributed by atoms with E-state index in [9.17, 15) is 14.0 Å². The van der Waals surface area contributed by atoms with Gasteiger partial charge in [-0.05, 0) is 31.0 Å². The van der Waals surface area contributed by atoms with Crippen LogP contribution in [0.2, 0.25) is 0 Å². The Morgan fingerprint density at radius 1 is 1.50 bits per heavy atom. The van der Waals surface area contributed by atoms with Crippen molar-refractivity contribution in [2.75, 3.05) is 13.1 Å². The fourth-order valence-corrected chi connectivity index (χ4v) is 3.86. The summed E-state index contributed by atoms with van der Waals surface area (Å²) in [6.07, 6.45) is 0.649. The predicted octanol–water partition coefficient (Wildman–Crippen LogP) is 2.47. The zero-order chi connectivity index (χ0) is 17.3. The predicted molar refractivity (Wildman–Crippen MR) is 89.4 cm³/mol. The minimum atomic E-state index is -0.825. The summed E-state index contributed by atoms with van der Waals surface area (Å²) in [6.45, 7) is 4.56. The number of carbonyl (C=O) groups excluding carboxylic acids is 2. The molecular formula is C17H18FN3O2S. The van der Waals surface area contributed by atoms with E-state index in [0.29, 0.717) is 30.0 Å². The van der Waals surface area contributed by atoms with Crippen LogP contribution in [0.1, 0.15) is 38.9 Å². The molecule has 1 aliphatic heterocycles. The summed E-state index contributed by atoms with van der Waals surface area (Å²) in [5.74, 6) is -0.942. The van der Waals surface area contributed by atoms with Crippen molar-refractivity contribution in [3.63, 3.8) is 0 Å². The molecule has 24 heavy (non-hydrogen) atoms. The highest BCUT2D eigenvalue weighted by molar-refractivity contribution is 7.13. The third kappa shape index (κ3) is 3.03. The largest absolute Gasteiger partial charge is 0.352 e. The highest BCUT2D eigenvalue weighted by atomic mass is 32.1. The zero-order valence-electron chi connectivity index (χ0n) is 13.5. The number of nitrogens with one attached hydrogen (secondary N) is 1. The zero-order valence-corrected chi connectivity index (χ0v) is 14.3. The van der Waals surface area contributed by atoms with Gasteiger partial charge >= 0.3 is 0 Å². The molecule has 126 valence electrons. The van der Waals surface area contributed by atoms with Gasteiger partial charge in [0.25, 0.3) is 5.91 Å². The van der Waals surface area contributed by atoms with Crippen molar-refractivity contribution in [3.05, 3.63) is 51.2 Å². The van der Waals surface area contributed by atoms with Crippen molar-refractivity contribution >= 4 is 23.2 Å². The second-order valence-corrected chi connectivity index (χ2v) is 6.81. The SMILES string of the molecule is CCc1nc(C)sc1C(=O)N1CCNC(=O)[C@@H]1c1cccc(F)c1. The van der Waals surface area contributed by atoms with Crippen LogP contribution in [0.3, 0.4) is 0 Å². The van der Waals surface area contributed by atoms with E-state index in [0.717, 1.165) is 10.7 Å². The summed E-state index contributed by atoms with van der Waals surface area (Å²) >= 11 is 1.33. The quantitative estimate of drug-likeness (QED) is 0.928. The number of rotatable bonds is 3. The Morgan fingerprint density at radius 3 is 3.00 bits per heavy atom. The van der Waals surface area contributed by atoms with Gasteiger partial charge in [-0.2, -0.15) is 0 Å². The van der Waals surface area contributed by atoms with Crippen molar-refractivity contribution in [2.45, 2.75) is 26.3 Å². The number of halogens is 1. The second-order valence-electron chi connectivity index (χ2n) is 5.61. The van der Waals surface area contributed by atoms with Crippen LogP contribution in [0.25, 0.3) is 0 Å². The monoisotopic (exact) mass is 347 g/mol. The molecule has 3 rings (SSSR count). The van der Waals surface area contributed by atoms with Crippen LogP contribution in [-0.2, 0) is 11.2 Å². The molecule has 2 amide bonds. The maximum atomic E-state index is 13.6. The number of piperazine rings is 1. The molecule has 1 N–H and O–H groups in total. The first-order valence-electron chi connectivity index (χ1n) is 7.81. The molecule has 0 unspecified atom stereocenters. The van der Waals surface area contributed by atoms with Gasteiger partial charge in [-0.3, -0.25) is 9.59 Å². The Labute approximate surface area is 143 Å². The lowest BCUT2D eigenvalue weighted by atomic mass is 10.0. The van der Waals surface area contributed by atoms with E-state index in [-0.39, 0.29) is 11.8 Å². The molecule has 1 aromatic heterocycles. The lowest BCUT2D eigenvalue weighted by molar-refractivity contribution is -0.128. The molecule has 1 aliphatic rings. The van der Waals surface area contributed by atoms with E-state index < -0.39 is 11.9 Å². The normalized spacial score (nSPS) is 17.7. The first-order valence-corrected chi connectivity index (χ1v) is 8.63. The molecule has 0 bridgehead atoms. The standard InChI is InChI=1S/C17H18FN3O2S/c1-3-13-15(24-10(2)20-13)17(23)21-8-7-19-16(22)14(21)11-5-4-6-12(18)9-11/h4-6,9,14H,3,7-8H2,1-2H3,(H,19,22)/t14-/m0/s1. The lowest BCUT2D eigenvalue weighted by Gasteiger charge is -2.35. The van der Waals surface area contributed by atoms with Crippen molar-refractivity contribution < 1.29 is 14.0 Å². The van der Waals surface area contributed by atoms with Gasteiger partial charge in [0.05, 0.1) is 10.7 Å². The topological polar surface area (TPSA) is 62.3 Å². The van der Waals surface area contributed by atoms with Crippen molar-refractivity contribution in [1.29, 1.82) is 0 Å². The van der Waals surface area contributed by atoms with Gasteiger partial charge in [-0.25, -0.2) is 9.37 Å². The molecular weight excluding hydrogens is 329 g/mol. The van der Waals surface area contributed by atoms with Gasteiger partial charge in [0.2, 0.25) is 5.91 Å². The van der Waals surface area contributed by atoms with Gasteiger partial charge < -0.3 is 10.2 Å². The number of amides is 2. The number of benzene rings is 1. The Kier molecular flexibility index (Phi) is 4.62. The van der Waals surface area contributed by atoms with E-state index in [1.54, 1.807) is 12.1 Å².